The summed E-state index contributed by atoms with van der Waals surface area (Å²) in [6.45, 7) is 7.09. The molecule has 4 nitrogen and oxygen atoms in total. The quantitative estimate of drug-likeness (QED) is 0.720. The van der Waals surface area contributed by atoms with E-state index >= 15 is 0 Å². The number of aldehydes is 1. The van der Waals surface area contributed by atoms with Gasteiger partial charge in [-0.3, -0.25) is 0 Å². The Balaban J connectivity index is 0.000000770. The summed E-state index contributed by atoms with van der Waals surface area (Å²) in [5.41, 5.74) is -0.390. The van der Waals surface area contributed by atoms with Crippen LogP contribution in [0.5, 0.6) is 0 Å². The molecule has 1 fully saturated rings. The Labute approximate surface area is 104 Å². The lowest BCUT2D eigenvalue weighted by molar-refractivity contribution is -0.106. The maximum atomic E-state index is 11.4. The third-order valence-electron chi connectivity index (χ3n) is 2.33. The molecule has 0 bridgehead atoms. The van der Waals surface area contributed by atoms with Gasteiger partial charge in [-0.05, 0) is 40.5 Å². The van der Waals surface area contributed by atoms with Crippen molar-refractivity contribution in [2.45, 2.75) is 71.4 Å². The standard InChI is InChI=1S/C11H21NO2.C2H4O/c1-11(2,3)14-10(13)12-9-7-5-4-6-8-9;1-2-3/h9H,4-8H2,1-3H3,(H,12,13);2H,1H3. The Morgan fingerprint density at radius 3 is 2.12 bits per heavy atom. The summed E-state index contributed by atoms with van der Waals surface area (Å²) in [4.78, 5) is 20.2. The van der Waals surface area contributed by atoms with E-state index < -0.39 is 5.60 Å². The van der Waals surface area contributed by atoms with Gasteiger partial charge in [0.1, 0.15) is 11.9 Å². The fourth-order valence-corrected chi connectivity index (χ4v) is 1.72. The summed E-state index contributed by atoms with van der Waals surface area (Å²) in [5, 5.41) is 2.91. The van der Waals surface area contributed by atoms with Crippen molar-refractivity contribution in [1.29, 1.82) is 0 Å². The van der Waals surface area contributed by atoms with Crippen molar-refractivity contribution in [3.8, 4) is 0 Å². The first-order chi connectivity index (χ1) is 7.89. The minimum Gasteiger partial charge on any atom is -0.444 e. The Morgan fingerprint density at radius 2 is 1.71 bits per heavy atom. The molecule has 0 aliphatic heterocycles. The molecular formula is C13H25NO3. The van der Waals surface area contributed by atoms with Crippen molar-refractivity contribution in [1.82, 2.24) is 5.32 Å². The van der Waals surface area contributed by atoms with Gasteiger partial charge in [0.2, 0.25) is 0 Å². The maximum Gasteiger partial charge on any atom is 0.407 e. The molecule has 1 aliphatic rings. The topological polar surface area (TPSA) is 55.4 Å². The summed E-state index contributed by atoms with van der Waals surface area (Å²) in [5.74, 6) is 0. The molecule has 1 amide bonds. The van der Waals surface area contributed by atoms with Crippen LogP contribution in [0.1, 0.15) is 59.8 Å². The number of alkyl carbamates (subject to hydrolysis) is 1. The van der Waals surface area contributed by atoms with E-state index in [1.54, 1.807) is 0 Å². The van der Waals surface area contributed by atoms with E-state index in [0.29, 0.717) is 6.04 Å². The second kappa shape index (κ2) is 8.09. The van der Waals surface area contributed by atoms with Crippen molar-refractivity contribution in [3.05, 3.63) is 0 Å². The number of nitrogens with one attached hydrogen (secondary N) is 1. The Kier molecular flexibility index (Phi) is 7.59. The van der Waals surface area contributed by atoms with Crippen LogP contribution in [0.3, 0.4) is 0 Å². The van der Waals surface area contributed by atoms with E-state index in [0.717, 1.165) is 19.1 Å². The van der Waals surface area contributed by atoms with Crippen molar-refractivity contribution >= 4 is 12.4 Å². The van der Waals surface area contributed by atoms with Crippen LogP contribution >= 0.6 is 0 Å². The van der Waals surface area contributed by atoms with Crippen molar-refractivity contribution in [2.24, 2.45) is 0 Å². The fourth-order valence-electron chi connectivity index (χ4n) is 1.72. The van der Waals surface area contributed by atoms with Crippen LogP contribution in [0, 0.1) is 0 Å². The molecule has 1 rings (SSSR count). The Bertz CT molecular complexity index is 227. The molecule has 0 heterocycles. The minimum atomic E-state index is -0.390. The zero-order valence-electron chi connectivity index (χ0n) is 11.4. The summed E-state index contributed by atoms with van der Waals surface area (Å²) >= 11 is 0. The molecule has 0 spiro atoms. The van der Waals surface area contributed by atoms with E-state index in [-0.39, 0.29) is 6.09 Å². The van der Waals surface area contributed by atoms with Gasteiger partial charge in [0.25, 0.3) is 0 Å². The summed E-state index contributed by atoms with van der Waals surface area (Å²) < 4.78 is 5.19. The normalized spacial score (nSPS) is 16.5. The van der Waals surface area contributed by atoms with Crippen molar-refractivity contribution in [2.75, 3.05) is 0 Å². The Hall–Kier alpha value is -1.06. The van der Waals surface area contributed by atoms with E-state index in [2.05, 4.69) is 5.32 Å². The number of hydrogen-bond donors (Lipinski definition) is 1. The number of carbonyl (C=O) groups is 2. The fraction of sp³-hybridized carbons (Fsp3) is 0.846. The molecule has 1 saturated carbocycles. The third-order valence-corrected chi connectivity index (χ3v) is 2.33. The van der Waals surface area contributed by atoms with Crippen LogP contribution in [0.15, 0.2) is 0 Å². The van der Waals surface area contributed by atoms with Gasteiger partial charge in [0.05, 0.1) is 0 Å². The molecule has 0 aromatic rings. The second-order valence-electron chi connectivity index (χ2n) is 5.22. The highest BCUT2D eigenvalue weighted by atomic mass is 16.6. The maximum absolute atomic E-state index is 11.4. The smallest absolute Gasteiger partial charge is 0.407 e. The van der Waals surface area contributed by atoms with Gasteiger partial charge in [-0.15, -0.1) is 0 Å². The zero-order chi connectivity index (χ0) is 13.3. The van der Waals surface area contributed by atoms with Gasteiger partial charge in [-0.1, -0.05) is 19.3 Å². The van der Waals surface area contributed by atoms with Crippen LogP contribution in [-0.4, -0.2) is 24.0 Å². The van der Waals surface area contributed by atoms with Gasteiger partial charge >= 0.3 is 6.09 Å². The number of amides is 1. The van der Waals surface area contributed by atoms with Gasteiger partial charge in [0, 0.05) is 6.04 Å². The predicted molar refractivity (Wildman–Crippen MR) is 68.0 cm³/mol. The summed E-state index contributed by atoms with van der Waals surface area (Å²) in [6, 6.07) is 0.332. The van der Waals surface area contributed by atoms with E-state index in [1.165, 1.54) is 26.2 Å². The van der Waals surface area contributed by atoms with Gasteiger partial charge in [-0.2, -0.15) is 0 Å². The minimum absolute atomic E-state index is 0.274. The number of carbonyl (C=O) groups excluding carboxylic acids is 2. The highest BCUT2D eigenvalue weighted by molar-refractivity contribution is 5.68. The predicted octanol–water partition coefficient (Wildman–Crippen LogP) is 3.05. The van der Waals surface area contributed by atoms with E-state index in [1.807, 2.05) is 20.8 Å². The third kappa shape index (κ3) is 9.85. The van der Waals surface area contributed by atoms with Crippen LogP contribution in [-0.2, 0) is 9.53 Å². The molecule has 0 atom stereocenters. The lowest BCUT2D eigenvalue weighted by Crippen LogP contribution is -2.39. The monoisotopic (exact) mass is 243 g/mol. The van der Waals surface area contributed by atoms with Crippen LogP contribution in [0.25, 0.3) is 0 Å². The SMILES string of the molecule is CC(C)(C)OC(=O)NC1CCCCC1.CC=O. The van der Waals surface area contributed by atoms with Crippen molar-refractivity contribution in [3.63, 3.8) is 0 Å². The molecule has 0 radical (unpaired) electrons. The molecule has 1 N–H and O–H groups in total. The van der Waals surface area contributed by atoms with Crippen molar-refractivity contribution < 1.29 is 14.3 Å². The average Bonchev–Trinajstić information content (AvgIpc) is 2.17. The molecule has 0 aromatic carbocycles. The summed E-state index contributed by atoms with van der Waals surface area (Å²) in [6.07, 6.45) is 6.41. The lowest BCUT2D eigenvalue weighted by Gasteiger charge is -2.25. The first-order valence-electron chi connectivity index (χ1n) is 6.28. The van der Waals surface area contributed by atoms with Crippen LogP contribution in [0.2, 0.25) is 0 Å². The summed E-state index contributed by atoms with van der Waals surface area (Å²) in [7, 11) is 0. The Morgan fingerprint density at radius 1 is 1.24 bits per heavy atom. The molecular weight excluding hydrogens is 218 g/mol. The molecule has 100 valence electrons. The van der Waals surface area contributed by atoms with Gasteiger partial charge in [-0.25, -0.2) is 4.79 Å². The van der Waals surface area contributed by atoms with Crippen LogP contribution < -0.4 is 5.32 Å². The van der Waals surface area contributed by atoms with E-state index in [4.69, 9.17) is 9.53 Å². The number of rotatable bonds is 1. The molecule has 4 heteroatoms. The van der Waals surface area contributed by atoms with Gasteiger partial charge in [0.15, 0.2) is 0 Å². The number of ether oxygens (including phenoxy) is 1. The van der Waals surface area contributed by atoms with E-state index in [9.17, 15) is 4.79 Å². The van der Waals surface area contributed by atoms with Gasteiger partial charge < -0.3 is 14.8 Å². The molecule has 0 aromatic heterocycles. The molecule has 0 unspecified atom stereocenters. The molecule has 0 saturated heterocycles. The molecule has 1 aliphatic carbocycles. The first kappa shape index (κ1) is 15.9. The largest absolute Gasteiger partial charge is 0.444 e. The molecule has 17 heavy (non-hydrogen) atoms. The lowest BCUT2D eigenvalue weighted by atomic mass is 9.96. The zero-order valence-corrected chi connectivity index (χ0v) is 11.4. The second-order valence-corrected chi connectivity index (χ2v) is 5.22. The van der Waals surface area contributed by atoms with Crippen LogP contribution in [0.4, 0.5) is 4.79 Å². The number of hydrogen-bond acceptors (Lipinski definition) is 3. The highest BCUT2D eigenvalue weighted by Gasteiger charge is 2.20. The highest BCUT2D eigenvalue weighted by Crippen LogP contribution is 2.18. The average molecular weight is 243 g/mol. The first-order valence-corrected chi connectivity index (χ1v) is 6.28.